The van der Waals surface area contributed by atoms with Gasteiger partial charge in [0.25, 0.3) is 0 Å². The molecule has 0 spiro atoms. The normalized spacial score (nSPS) is 11.9. The molecule has 0 bridgehead atoms. The first-order valence-electron chi connectivity index (χ1n) is 29.5. The second-order valence-electron chi connectivity index (χ2n) is 20.3. The Balaban J connectivity index is 4.29. The van der Waals surface area contributed by atoms with E-state index in [0.717, 1.165) is 57.8 Å². The van der Waals surface area contributed by atoms with Crippen molar-refractivity contribution >= 4 is 17.9 Å². The van der Waals surface area contributed by atoms with E-state index in [-0.39, 0.29) is 31.1 Å². The minimum Gasteiger partial charge on any atom is -0.462 e. The van der Waals surface area contributed by atoms with Gasteiger partial charge in [0.1, 0.15) is 13.2 Å². The van der Waals surface area contributed by atoms with Crippen LogP contribution in [0, 0.1) is 0 Å². The fraction of sp³-hybridized carbons (Fsp3) is 0.949. The standard InChI is InChI=1S/C59H114O6/c1-4-7-10-13-16-19-22-25-28-29-32-34-37-40-43-46-49-52-58(61)64-55-56(65-59(62)53-50-47-44-41-38-35-31-27-24-21-18-15-12-9-6-3)54-63-57(60)51-48-45-42-39-36-33-30-26-23-20-17-14-11-8-5-2/h56H,4-55H2,1-3H3. The summed E-state index contributed by atoms with van der Waals surface area (Å²) in [5.41, 5.74) is 0. The van der Waals surface area contributed by atoms with Gasteiger partial charge in [-0.2, -0.15) is 0 Å². The topological polar surface area (TPSA) is 78.9 Å². The molecule has 0 N–H and O–H groups in total. The van der Waals surface area contributed by atoms with E-state index in [1.807, 2.05) is 0 Å². The maximum Gasteiger partial charge on any atom is 0.306 e. The average Bonchev–Trinajstić information content (AvgIpc) is 3.30. The number of esters is 3. The summed E-state index contributed by atoms with van der Waals surface area (Å²) in [6, 6.07) is 0. The minimum absolute atomic E-state index is 0.0609. The fourth-order valence-corrected chi connectivity index (χ4v) is 9.15. The number of hydrogen-bond acceptors (Lipinski definition) is 6. The molecule has 0 saturated carbocycles. The Morgan fingerprint density at radius 1 is 0.246 bits per heavy atom. The molecule has 0 aliphatic carbocycles. The molecule has 0 aliphatic heterocycles. The van der Waals surface area contributed by atoms with Gasteiger partial charge >= 0.3 is 17.9 Å². The summed E-state index contributed by atoms with van der Waals surface area (Å²) in [5.74, 6) is -0.830. The quantitative estimate of drug-likeness (QED) is 0.0344. The van der Waals surface area contributed by atoms with E-state index < -0.39 is 6.10 Å². The third-order valence-corrected chi connectivity index (χ3v) is 13.6. The lowest BCUT2D eigenvalue weighted by Crippen LogP contribution is -2.30. The van der Waals surface area contributed by atoms with E-state index in [1.165, 1.54) is 244 Å². The van der Waals surface area contributed by atoms with Gasteiger partial charge in [-0.25, -0.2) is 0 Å². The Morgan fingerprint density at radius 2 is 0.415 bits per heavy atom. The molecule has 6 heteroatoms. The second kappa shape index (κ2) is 55.0. The molecule has 0 aliphatic rings. The van der Waals surface area contributed by atoms with Crippen LogP contribution >= 0.6 is 0 Å². The largest absolute Gasteiger partial charge is 0.462 e. The lowest BCUT2D eigenvalue weighted by atomic mass is 10.0. The molecule has 0 aromatic carbocycles. The summed E-state index contributed by atoms with van der Waals surface area (Å²) in [6.45, 7) is 6.71. The molecule has 0 heterocycles. The molecule has 0 aromatic heterocycles. The molecule has 6 nitrogen and oxygen atoms in total. The molecule has 0 rings (SSSR count). The molecule has 1 atom stereocenters. The van der Waals surface area contributed by atoms with E-state index in [1.54, 1.807) is 0 Å². The molecule has 0 radical (unpaired) electrons. The highest BCUT2D eigenvalue weighted by Crippen LogP contribution is 2.18. The lowest BCUT2D eigenvalue weighted by Gasteiger charge is -2.18. The van der Waals surface area contributed by atoms with Crippen LogP contribution in [-0.4, -0.2) is 37.2 Å². The fourth-order valence-electron chi connectivity index (χ4n) is 9.15. The highest BCUT2D eigenvalue weighted by molar-refractivity contribution is 5.71. The third kappa shape index (κ3) is 53.2. The van der Waals surface area contributed by atoms with Crippen molar-refractivity contribution in [3.63, 3.8) is 0 Å². The van der Waals surface area contributed by atoms with Crippen LogP contribution in [0.15, 0.2) is 0 Å². The molecule has 0 amide bonds. The van der Waals surface area contributed by atoms with Gasteiger partial charge in [-0.3, -0.25) is 14.4 Å². The minimum atomic E-state index is -0.761. The van der Waals surface area contributed by atoms with Crippen molar-refractivity contribution < 1.29 is 28.6 Å². The van der Waals surface area contributed by atoms with Gasteiger partial charge < -0.3 is 14.2 Å². The van der Waals surface area contributed by atoms with Gasteiger partial charge in [0.15, 0.2) is 6.10 Å². The van der Waals surface area contributed by atoms with Gasteiger partial charge in [0.05, 0.1) is 0 Å². The van der Waals surface area contributed by atoms with Crippen molar-refractivity contribution in [2.24, 2.45) is 0 Å². The van der Waals surface area contributed by atoms with Crippen molar-refractivity contribution in [1.29, 1.82) is 0 Å². The first-order valence-corrected chi connectivity index (χ1v) is 29.5. The smallest absolute Gasteiger partial charge is 0.306 e. The highest BCUT2D eigenvalue weighted by atomic mass is 16.6. The van der Waals surface area contributed by atoms with Gasteiger partial charge in [-0.1, -0.05) is 303 Å². The molecule has 65 heavy (non-hydrogen) atoms. The number of rotatable bonds is 55. The van der Waals surface area contributed by atoms with Gasteiger partial charge in [0, 0.05) is 19.3 Å². The molecule has 1 unspecified atom stereocenters. The number of carbonyl (C=O) groups is 3. The van der Waals surface area contributed by atoms with Crippen LogP contribution in [0.2, 0.25) is 0 Å². The van der Waals surface area contributed by atoms with E-state index in [2.05, 4.69) is 20.8 Å². The van der Waals surface area contributed by atoms with Crippen LogP contribution < -0.4 is 0 Å². The van der Waals surface area contributed by atoms with Crippen LogP contribution in [-0.2, 0) is 28.6 Å². The van der Waals surface area contributed by atoms with Crippen LogP contribution in [0.1, 0.15) is 342 Å². The summed E-state index contributed by atoms with van der Waals surface area (Å²) in [4.78, 5) is 38.2. The SMILES string of the molecule is CCCCCCCCCCCCCCCCCCCC(=O)OCC(COC(=O)CCCCCCCCCCCCCCCCC)OC(=O)CCCCCCCCCCCCCCCCC. The Kier molecular flexibility index (Phi) is 53.7. The van der Waals surface area contributed by atoms with Crippen LogP contribution in [0.5, 0.6) is 0 Å². The zero-order valence-electron chi connectivity index (χ0n) is 44.3. The third-order valence-electron chi connectivity index (χ3n) is 13.6. The van der Waals surface area contributed by atoms with Crippen LogP contribution in [0.25, 0.3) is 0 Å². The van der Waals surface area contributed by atoms with Crippen molar-refractivity contribution in [3.8, 4) is 0 Å². The van der Waals surface area contributed by atoms with Crippen LogP contribution in [0.3, 0.4) is 0 Å². The molecular formula is C59H114O6. The average molecular weight is 920 g/mol. The van der Waals surface area contributed by atoms with E-state index in [4.69, 9.17) is 14.2 Å². The number of carbonyl (C=O) groups excluding carboxylic acids is 3. The maximum absolute atomic E-state index is 12.8. The van der Waals surface area contributed by atoms with Crippen molar-refractivity contribution in [3.05, 3.63) is 0 Å². The summed E-state index contributed by atoms with van der Waals surface area (Å²) in [5, 5.41) is 0. The Hall–Kier alpha value is -1.59. The zero-order valence-corrected chi connectivity index (χ0v) is 44.3. The monoisotopic (exact) mass is 919 g/mol. The molecule has 386 valence electrons. The second-order valence-corrected chi connectivity index (χ2v) is 20.3. The van der Waals surface area contributed by atoms with E-state index >= 15 is 0 Å². The molecule has 0 saturated heterocycles. The number of hydrogen-bond donors (Lipinski definition) is 0. The number of unbranched alkanes of at least 4 members (excludes halogenated alkanes) is 44. The lowest BCUT2D eigenvalue weighted by molar-refractivity contribution is -0.167. The molecule has 0 fully saturated rings. The summed E-state index contributed by atoms with van der Waals surface area (Å²) < 4.78 is 16.9. The Labute approximate surface area is 406 Å². The zero-order chi connectivity index (χ0) is 47.2. The molecule has 0 aromatic rings. The Morgan fingerprint density at radius 3 is 0.615 bits per heavy atom. The summed E-state index contributed by atoms with van der Waals surface area (Å²) in [6.07, 6.45) is 60.9. The van der Waals surface area contributed by atoms with Crippen LogP contribution in [0.4, 0.5) is 0 Å². The van der Waals surface area contributed by atoms with Crippen molar-refractivity contribution in [2.45, 2.75) is 348 Å². The summed E-state index contributed by atoms with van der Waals surface area (Å²) in [7, 11) is 0. The summed E-state index contributed by atoms with van der Waals surface area (Å²) >= 11 is 0. The first kappa shape index (κ1) is 63.4. The highest BCUT2D eigenvalue weighted by Gasteiger charge is 2.19. The van der Waals surface area contributed by atoms with Gasteiger partial charge in [-0.05, 0) is 19.3 Å². The van der Waals surface area contributed by atoms with Crippen molar-refractivity contribution in [1.82, 2.24) is 0 Å². The van der Waals surface area contributed by atoms with Gasteiger partial charge in [0.2, 0.25) is 0 Å². The maximum atomic E-state index is 12.8. The number of ether oxygens (including phenoxy) is 3. The Bertz CT molecular complexity index is 967. The van der Waals surface area contributed by atoms with E-state index in [0.29, 0.717) is 19.3 Å². The molecular weight excluding hydrogens is 805 g/mol. The van der Waals surface area contributed by atoms with Crippen molar-refractivity contribution in [2.75, 3.05) is 13.2 Å². The predicted octanol–water partition coefficient (Wildman–Crippen LogP) is 19.5. The van der Waals surface area contributed by atoms with Gasteiger partial charge in [-0.15, -0.1) is 0 Å². The first-order chi connectivity index (χ1) is 32.0. The van der Waals surface area contributed by atoms with E-state index in [9.17, 15) is 14.4 Å². The predicted molar refractivity (Wildman–Crippen MR) is 280 cm³/mol.